The molecule has 5 nitrogen and oxygen atoms in total. The number of alkyl halides is 3. The average molecular weight is 391 g/mol. The predicted octanol–water partition coefficient (Wildman–Crippen LogP) is 4.94. The lowest BCUT2D eigenvalue weighted by atomic mass is 10.1. The average Bonchev–Trinajstić information content (AvgIpc) is 2.98. The number of aryl methyl sites for hydroxylation is 1. The van der Waals surface area contributed by atoms with Crippen LogP contribution in [0.5, 0.6) is 0 Å². The molecule has 8 heteroatoms. The SMILES string of the molecule is Cc1c(C(=O)O[C@@H](C)C(=O)Nc2ccccc2C(F)(F)F)oc2ccccc12. The normalized spacial score (nSPS) is 12.6. The van der Waals surface area contributed by atoms with Crippen molar-refractivity contribution in [1.29, 1.82) is 0 Å². The molecular weight excluding hydrogens is 375 g/mol. The molecule has 0 spiro atoms. The second-order valence-electron chi connectivity index (χ2n) is 6.13. The van der Waals surface area contributed by atoms with E-state index >= 15 is 0 Å². The number of benzene rings is 2. The minimum absolute atomic E-state index is 0.0588. The van der Waals surface area contributed by atoms with E-state index in [2.05, 4.69) is 5.32 Å². The first-order chi connectivity index (χ1) is 13.2. The number of carbonyl (C=O) groups is 2. The fourth-order valence-corrected chi connectivity index (χ4v) is 2.71. The third-order valence-electron chi connectivity index (χ3n) is 4.17. The zero-order chi connectivity index (χ0) is 20.5. The highest BCUT2D eigenvalue weighted by Crippen LogP contribution is 2.34. The van der Waals surface area contributed by atoms with Crippen molar-refractivity contribution in [2.75, 3.05) is 5.32 Å². The number of anilines is 1. The van der Waals surface area contributed by atoms with Crippen LogP contribution in [0.15, 0.2) is 52.9 Å². The first-order valence-electron chi connectivity index (χ1n) is 8.34. The van der Waals surface area contributed by atoms with Crippen LogP contribution in [-0.2, 0) is 15.7 Å². The molecule has 1 N–H and O–H groups in total. The summed E-state index contributed by atoms with van der Waals surface area (Å²) in [5.74, 6) is -1.82. The number of para-hydroxylation sites is 2. The van der Waals surface area contributed by atoms with Crippen molar-refractivity contribution in [1.82, 2.24) is 0 Å². The van der Waals surface area contributed by atoms with E-state index in [-0.39, 0.29) is 5.76 Å². The molecule has 2 aromatic carbocycles. The van der Waals surface area contributed by atoms with Crippen LogP contribution in [0, 0.1) is 6.92 Å². The standard InChI is InChI=1S/C20H16F3NO4/c1-11-13-7-3-6-10-16(13)28-17(11)19(26)27-12(2)18(25)24-15-9-5-4-8-14(15)20(21,22)23/h3-10,12H,1-2H3,(H,24,25)/t12-/m0/s1. The maximum absolute atomic E-state index is 13.0. The van der Waals surface area contributed by atoms with Gasteiger partial charge in [0.2, 0.25) is 5.76 Å². The molecule has 1 atom stereocenters. The number of nitrogens with one attached hydrogen (secondary N) is 1. The Morgan fingerprint density at radius 1 is 1.07 bits per heavy atom. The van der Waals surface area contributed by atoms with Gasteiger partial charge in [-0.15, -0.1) is 0 Å². The number of carbonyl (C=O) groups excluding carboxylic acids is 2. The van der Waals surface area contributed by atoms with Gasteiger partial charge in [0.05, 0.1) is 11.3 Å². The van der Waals surface area contributed by atoms with Gasteiger partial charge in [0.15, 0.2) is 6.10 Å². The van der Waals surface area contributed by atoms with Crippen molar-refractivity contribution < 1.29 is 31.9 Å². The second-order valence-corrected chi connectivity index (χ2v) is 6.13. The van der Waals surface area contributed by atoms with Gasteiger partial charge in [0, 0.05) is 10.9 Å². The summed E-state index contributed by atoms with van der Waals surface area (Å²) in [5, 5.41) is 2.88. The van der Waals surface area contributed by atoms with Crippen molar-refractivity contribution in [3.8, 4) is 0 Å². The first-order valence-corrected chi connectivity index (χ1v) is 8.34. The third kappa shape index (κ3) is 3.85. The van der Waals surface area contributed by atoms with E-state index < -0.39 is 35.4 Å². The van der Waals surface area contributed by atoms with Crippen LogP contribution in [-0.4, -0.2) is 18.0 Å². The van der Waals surface area contributed by atoms with Crippen LogP contribution < -0.4 is 5.32 Å². The maximum atomic E-state index is 13.0. The maximum Gasteiger partial charge on any atom is 0.418 e. The molecule has 0 aliphatic rings. The molecular formula is C20H16F3NO4. The number of hydrogen-bond acceptors (Lipinski definition) is 4. The van der Waals surface area contributed by atoms with Crippen LogP contribution in [0.4, 0.5) is 18.9 Å². The van der Waals surface area contributed by atoms with Gasteiger partial charge in [-0.3, -0.25) is 4.79 Å². The summed E-state index contributed by atoms with van der Waals surface area (Å²) >= 11 is 0. The zero-order valence-corrected chi connectivity index (χ0v) is 15.0. The number of amides is 1. The van der Waals surface area contributed by atoms with Crippen molar-refractivity contribution in [2.24, 2.45) is 0 Å². The van der Waals surface area contributed by atoms with Gasteiger partial charge in [-0.05, 0) is 32.0 Å². The third-order valence-corrected chi connectivity index (χ3v) is 4.17. The Bertz CT molecular complexity index is 1040. The van der Waals surface area contributed by atoms with Gasteiger partial charge in [0.1, 0.15) is 5.58 Å². The van der Waals surface area contributed by atoms with E-state index in [4.69, 9.17) is 9.15 Å². The molecule has 0 aliphatic heterocycles. The lowest BCUT2D eigenvalue weighted by Crippen LogP contribution is -2.30. The Morgan fingerprint density at radius 3 is 2.39 bits per heavy atom. The highest BCUT2D eigenvalue weighted by molar-refractivity contribution is 5.99. The van der Waals surface area contributed by atoms with Crippen LogP contribution >= 0.6 is 0 Å². The van der Waals surface area contributed by atoms with Crippen LogP contribution in [0.3, 0.4) is 0 Å². The summed E-state index contributed by atoms with van der Waals surface area (Å²) < 4.78 is 49.6. The topological polar surface area (TPSA) is 68.5 Å². The fraction of sp³-hybridized carbons (Fsp3) is 0.200. The molecule has 0 saturated carbocycles. The molecule has 0 fully saturated rings. The summed E-state index contributed by atoms with van der Waals surface area (Å²) in [6.45, 7) is 2.94. The zero-order valence-electron chi connectivity index (χ0n) is 15.0. The van der Waals surface area contributed by atoms with Crippen LogP contribution in [0.2, 0.25) is 0 Å². The van der Waals surface area contributed by atoms with Gasteiger partial charge in [0.25, 0.3) is 5.91 Å². The smallest absolute Gasteiger partial charge is 0.418 e. The molecule has 146 valence electrons. The molecule has 0 saturated heterocycles. The van der Waals surface area contributed by atoms with Gasteiger partial charge >= 0.3 is 12.1 Å². The number of rotatable bonds is 4. The van der Waals surface area contributed by atoms with E-state index in [9.17, 15) is 22.8 Å². The summed E-state index contributed by atoms with van der Waals surface area (Å²) in [4.78, 5) is 24.6. The molecule has 1 aromatic heterocycles. The molecule has 0 aliphatic carbocycles. The highest BCUT2D eigenvalue weighted by atomic mass is 19.4. The summed E-state index contributed by atoms with van der Waals surface area (Å²) in [6.07, 6.45) is -5.96. The minimum Gasteiger partial charge on any atom is -0.449 e. The molecule has 1 heterocycles. The number of furan rings is 1. The Morgan fingerprint density at radius 2 is 1.71 bits per heavy atom. The van der Waals surface area contributed by atoms with E-state index in [1.54, 1.807) is 31.2 Å². The lowest BCUT2D eigenvalue weighted by Gasteiger charge is -2.16. The van der Waals surface area contributed by atoms with E-state index in [1.807, 2.05) is 0 Å². The number of halogens is 3. The molecule has 0 radical (unpaired) electrons. The minimum atomic E-state index is -4.63. The van der Waals surface area contributed by atoms with Crippen molar-refractivity contribution in [3.05, 3.63) is 65.4 Å². The Balaban J connectivity index is 1.74. The van der Waals surface area contributed by atoms with Crippen molar-refractivity contribution in [2.45, 2.75) is 26.1 Å². The molecule has 3 aromatic rings. The molecule has 0 bridgehead atoms. The molecule has 1 amide bonds. The monoisotopic (exact) mass is 391 g/mol. The second kappa shape index (κ2) is 7.38. The number of fused-ring (bicyclic) bond motifs is 1. The lowest BCUT2D eigenvalue weighted by molar-refractivity contribution is -0.137. The molecule has 3 rings (SSSR count). The quantitative estimate of drug-likeness (QED) is 0.640. The Kier molecular flexibility index (Phi) is 5.13. The predicted molar refractivity (Wildman–Crippen MR) is 95.9 cm³/mol. The summed E-state index contributed by atoms with van der Waals surface area (Å²) in [7, 11) is 0. The molecule has 0 unspecified atom stereocenters. The number of esters is 1. The fourth-order valence-electron chi connectivity index (χ4n) is 2.71. The largest absolute Gasteiger partial charge is 0.449 e. The summed E-state index contributed by atoms with van der Waals surface area (Å²) in [5.41, 5.74) is -0.364. The Labute approximate surface area is 158 Å². The van der Waals surface area contributed by atoms with E-state index in [0.717, 1.165) is 17.5 Å². The van der Waals surface area contributed by atoms with Crippen LogP contribution in [0.1, 0.15) is 28.6 Å². The first kappa shape index (κ1) is 19.5. The van der Waals surface area contributed by atoms with Gasteiger partial charge in [-0.2, -0.15) is 13.2 Å². The summed E-state index contributed by atoms with van der Waals surface area (Å²) in [6, 6.07) is 11.5. The Hall–Kier alpha value is -3.29. The van der Waals surface area contributed by atoms with Crippen molar-refractivity contribution in [3.63, 3.8) is 0 Å². The highest BCUT2D eigenvalue weighted by Gasteiger charge is 2.34. The van der Waals surface area contributed by atoms with Crippen LogP contribution in [0.25, 0.3) is 11.0 Å². The number of ether oxygens (including phenoxy) is 1. The van der Waals surface area contributed by atoms with Gasteiger partial charge in [-0.1, -0.05) is 30.3 Å². The van der Waals surface area contributed by atoms with Crippen molar-refractivity contribution >= 4 is 28.5 Å². The van der Waals surface area contributed by atoms with Gasteiger partial charge < -0.3 is 14.5 Å². The van der Waals surface area contributed by atoms with Gasteiger partial charge in [-0.25, -0.2) is 4.79 Å². The molecule has 28 heavy (non-hydrogen) atoms. The van der Waals surface area contributed by atoms with E-state index in [1.165, 1.54) is 19.1 Å². The number of hydrogen-bond donors (Lipinski definition) is 1. The van der Waals surface area contributed by atoms with E-state index in [0.29, 0.717) is 11.1 Å².